The fourth-order valence-electron chi connectivity index (χ4n) is 8.64. The van der Waals surface area contributed by atoms with Crippen molar-refractivity contribution in [3.05, 3.63) is 108 Å². The smallest absolute Gasteiger partial charge is 0.269 e. The molecule has 2 aliphatic rings. The van der Waals surface area contributed by atoms with E-state index in [1.165, 1.54) is 33.5 Å². The van der Waals surface area contributed by atoms with Crippen LogP contribution >= 0.6 is 0 Å². The minimum atomic E-state index is -3.81. The lowest BCUT2D eigenvalue weighted by Gasteiger charge is -2.51. The van der Waals surface area contributed by atoms with Crippen LogP contribution in [-0.2, 0) is 24.8 Å². The van der Waals surface area contributed by atoms with Gasteiger partial charge in [-0.15, -0.1) is 20.4 Å². The Morgan fingerprint density at radius 3 is 1.46 bits per heavy atom. The molecule has 6 heterocycles. The summed E-state index contributed by atoms with van der Waals surface area (Å²) < 4.78 is 59.1. The maximum atomic E-state index is 13.3. The van der Waals surface area contributed by atoms with Gasteiger partial charge in [-0.1, -0.05) is 63.1 Å². The standard InChI is InChI=1S/C22H24N6O3S.C20H22N6O2S/c1-13-5-7-15(8-6-13)32(30,31)27-10-9-17-21(27)23-12-19-25-26-20(28(17)19)16-11-18(22(16,3)4)24-14(2)29;1-12-4-6-13(7-5-12)29(27,28)25-9-8-15-19(25)22-11-17-23-24-18(26(15)17)14-10-16(21)20(14,2)3/h5-10,12,16,18H,11H2,1-4H3,(H,24,29);4-9,11,14,16H,10,21H2,1-3H3/t16-,18-;14-,16-/m11/s1. The number of aryl methyl sites for hydroxylation is 2. The molecular formula is C42H46N12O5S2. The lowest BCUT2D eigenvalue weighted by Crippen LogP contribution is -2.57. The van der Waals surface area contributed by atoms with Gasteiger partial charge in [-0.2, -0.15) is 0 Å². The van der Waals surface area contributed by atoms with Crippen LogP contribution in [0.5, 0.6) is 0 Å². The van der Waals surface area contributed by atoms with Gasteiger partial charge in [-0.3, -0.25) is 13.6 Å². The van der Waals surface area contributed by atoms with Crippen molar-refractivity contribution in [1.82, 2.24) is 52.4 Å². The van der Waals surface area contributed by atoms with E-state index in [-0.39, 0.29) is 50.4 Å². The highest BCUT2D eigenvalue weighted by molar-refractivity contribution is 7.90. The lowest BCUT2D eigenvalue weighted by molar-refractivity contribution is -0.122. The van der Waals surface area contributed by atoms with Gasteiger partial charge in [0.1, 0.15) is 11.6 Å². The number of carbonyl (C=O) groups is 1. The number of carbonyl (C=O) groups excluding carboxylic acids is 1. The first-order valence-electron chi connectivity index (χ1n) is 19.9. The van der Waals surface area contributed by atoms with Gasteiger partial charge < -0.3 is 11.1 Å². The molecule has 2 aliphatic carbocycles. The molecule has 2 aromatic carbocycles. The zero-order chi connectivity index (χ0) is 43.4. The van der Waals surface area contributed by atoms with Crippen molar-refractivity contribution in [3.8, 4) is 0 Å². The zero-order valence-corrected chi connectivity index (χ0v) is 36.3. The maximum Gasteiger partial charge on any atom is 0.269 e. The third-order valence-corrected chi connectivity index (χ3v) is 16.3. The highest BCUT2D eigenvalue weighted by atomic mass is 32.2. The van der Waals surface area contributed by atoms with Gasteiger partial charge in [-0.25, -0.2) is 34.7 Å². The number of rotatable bonds is 7. The molecule has 0 saturated heterocycles. The topological polar surface area (TPSA) is 219 Å². The molecule has 17 nitrogen and oxygen atoms in total. The molecule has 10 rings (SSSR count). The molecule has 8 aromatic rings. The average molecular weight is 863 g/mol. The van der Waals surface area contributed by atoms with Crippen molar-refractivity contribution in [2.75, 3.05) is 0 Å². The van der Waals surface area contributed by atoms with Gasteiger partial charge in [0.25, 0.3) is 20.0 Å². The summed E-state index contributed by atoms with van der Waals surface area (Å²) in [7, 11) is -7.57. The quantitative estimate of drug-likeness (QED) is 0.214. The molecule has 6 aromatic heterocycles. The van der Waals surface area contributed by atoms with E-state index < -0.39 is 20.0 Å². The summed E-state index contributed by atoms with van der Waals surface area (Å²) in [6.45, 7) is 13.8. The fraction of sp³-hybridized carbons (Fsp3) is 0.357. The van der Waals surface area contributed by atoms with Gasteiger partial charge in [0, 0.05) is 43.2 Å². The molecule has 61 heavy (non-hydrogen) atoms. The van der Waals surface area contributed by atoms with Crippen LogP contribution in [0.15, 0.2) is 95.2 Å². The van der Waals surface area contributed by atoms with E-state index in [0.29, 0.717) is 33.6 Å². The van der Waals surface area contributed by atoms with Crippen molar-refractivity contribution >= 4 is 59.6 Å². The summed E-state index contributed by atoms with van der Waals surface area (Å²) in [5, 5.41) is 20.3. The summed E-state index contributed by atoms with van der Waals surface area (Å²) in [5.41, 5.74) is 10.9. The van der Waals surface area contributed by atoms with Gasteiger partial charge in [0.05, 0.1) is 33.2 Å². The largest absolute Gasteiger partial charge is 0.353 e. The number of nitrogens with two attached hydrogens (primary N) is 1. The van der Waals surface area contributed by atoms with E-state index in [9.17, 15) is 21.6 Å². The molecule has 2 fully saturated rings. The van der Waals surface area contributed by atoms with E-state index in [0.717, 1.165) is 35.6 Å². The first kappa shape index (κ1) is 40.4. The number of hydrogen-bond donors (Lipinski definition) is 2. The third kappa shape index (κ3) is 6.31. The Hall–Kier alpha value is -6.05. The average Bonchev–Trinajstić information content (AvgIpc) is 4.03. The number of hydrogen-bond acceptors (Lipinski definition) is 12. The summed E-state index contributed by atoms with van der Waals surface area (Å²) in [6.07, 6.45) is 7.71. The minimum Gasteiger partial charge on any atom is -0.353 e. The maximum absolute atomic E-state index is 13.3. The van der Waals surface area contributed by atoms with E-state index in [2.05, 4.69) is 63.4 Å². The van der Waals surface area contributed by atoms with E-state index >= 15 is 0 Å². The Balaban J connectivity index is 0.000000157. The van der Waals surface area contributed by atoms with Crippen molar-refractivity contribution in [2.24, 2.45) is 16.6 Å². The number of fused-ring (bicyclic) bond motifs is 6. The summed E-state index contributed by atoms with van der Waals surface area (Å²) in [4.78, 5) is 20.7. The Kier molecular flexibility index (Phi) is 9.26. The van der Waals surface area contributed by atoms with Gasteiger partial charge >= 0.3 is 0 Å². The predicted molar refractivity (Wildman–Crippen MR) is 228 cm³/mol. The van der Waals surface area contributed by atoms with Crippen molar-refractivity contribution in [2.45, 2.75) is 95.0 Å². The number of aromatic nitrogens is 10. The number of benzene rings is 2. The Labute approximate surface area is 352 Å². The highest BCUT2D eigenvalue weighted by Gasteiger charge is 2.52. The highest BCUT2D eigenvalue weighted by Crippen LogP contribution is 2.53. The lowest BCUT2D eigenvalue weighted by atomic mass is 9.58. The molecular weight excluding hydrogens is 817 g/mol. The normalized spacial score (nSPS) is 20.9. The molecule has 0 radical (unpaired) electrons. The van der Waals surface area contributed by atoms with E-state index in [4.69, 9.17) is 5.73 Å². The van der Waals surface area contributed by atoms with Crippen LogP contribution in [0, 0.1) is 24.7 Å². The van der Waals surface area contributed by atoms with E-state index in [1.807, 2.05) is 22.6 Å². The second-order valence-corrected chi connectivity index (χ2v) is 21.0. The molecule has 4 atom stereocenters. The van der Waals surface area contributed by atoms with Crippen molar-refractivity contribution < 1.29 is 21.6 Å². The minimum absolute atomic E-state index is 0.0428. The number of amides is 1. The van der Waals surface area contributed by atoms with Crippen molar-refractivity contribution in [1.29, 1.82) is 0 Å². The summed E-state index contributed by atoms with van der Waals surface area (Å²) in [5.74, 6) is 1.68. The van der Waals surface area contributed by atoms with Gasteiger partial charge in [-0.05, 0) is 73.9 Å². The molecule has 0 bridgehead atoms. The SMILES string of the molecule is CC(=O)N[C@@H]1C[C@H](c2nnc3cnc4c(ccn4S(=O)(=O)c4ccc(C)cc4)n23)C1(C)C.Cc1ccc(S(=O)(=O)n2ccc3c2ncc2nnc([C@H]4C[C@@H](N)C4(C)C)n23)cc1. The van der Waals surface area contributed by atoms with Crippen LogP contribution in [0.2, 0.25) is 0 Å². The molecule has 3 N–H and O–H groups in total. The predicted octanol–water partition coefficient (Wildman–Crippen LogP) is 5.11. The van der Waals surface area contributed by atoms with Gasteiger partial charge in [0.2, 0.25) is 5.91 Å². The fourth-order valence-corrected chi connectivity index (χ4v) is 11.2. The summed E-state index contributed by atoms with van der Waals surface area (Å²) in [6, 6.07) is 17.1. The van der Waals surface area contributed by atoms with Crippen molar-refractivity contribution in [3.63, 3.8) is 0 Å². The van der Waals surface area contributed by atoms with Crippen LogP contribution in [0.25, 0.3) is 33.6 Å². The number of nitrogens with one attached hydrogen (secondary N) is 1. The number of nitrogens with zero attached hydrogens (tertiary/aromatic N) is 10. The van der Waals surface area contributed by atoms with Crippen LogP contribution in [0.4, 0.5) is 0 Å². The molecule has 2 saturated carbocycles. The second-order valence-electron chi connectivity index (χ2n) is 17.4. The first-order chi connectivity index (χ1) is 28.8. The second kappa shape index (κ2) is 14.0. The van der Waals surface area contributed by atoms with Gasteiger partial charge in [0.15, 0.2) is 22.6 Å². The summed E-state index contributed by atoms with van der Waals surface area (Å²) >= 11 is 0. The zero-order valence-electron chi connectivity index (χ0n) is 34.7. The molecule has 19 heteroatoms. The molecule has 0 unspecified atom stereocenters. The molecule has 316 valence electrons. The van der Waals surface area contributed by atoms with Crippen LogP contribution in [0.3, 0.4) is 0 Å². The Bertz CT molecular complexity index is 3260. The van der Waals surface area contributed by atoms with Crippen LogP contribution in [-0.4, -0.2) is 81.9 Å². The monoisotopic (exact) mass is 862 g/mol. The first-order valence-corrected chi connectivity index (χ1v) is 22.8. The van der Waals surface area contributed by atoms with Crippen LogP contribution in [0.1, 0.15) is 82.1 Å². The van der Waals surface area contributed by atoms with E-state index in [1.54, 1.807) is 66.9 Å². The molecule has 0 aliphatic heterocycles. The van der Waals surface area contributed by atoms with Crippen LogP contribution < -0.4 is 11.1 Å². The Morgan fingerprint density at radius 2 is 1.08 bits per heavy atom. The Morgan fingerprint density at radius 1 is 0.656 bits per heavy atom. The molecule has 0 spiro atoms. The molecule has 1 amide bonds. The third-order valence-electron chi connectivity index (χ3n) is 12.9.